The topological polar surface area (TPSA) is 33.0 Å². The molecule has 0 aromatic heterocycles. The van der Waals surface area contributed by atoms with Gasteiger partial charge in [0.25, 0.3) is 0 Å². The van der Waals surface area contributed by atoms with Crippen LogP contribution in [-0.4, -0.2) is 7.11 Å². The molecular weight excluding hydrogens is 266 g/mol. The van der Waals surface area contributed by atoms with Crippen molar-refractivity contribution >= 4 is 22.0 Å². The molecule has 16 heavy (non-hydrogen) atoms. The molecule has 0 atom stereocenters. The Balaban J connectivity index is 3.10. The smallest absolute Gasteiger partial charge is 0.0830 e. The molecule has 0 spiro atoms. The van der Waals surface area contributed by atoms with E-state index >= 15 is 0 Å². The van der Waals surface area contributed by atoms with Crippen molar-refractivity contribution in [2.75, 3.05) is 7.11 Å². The van der Waals surface area contributed by atoms with E-state index < -0.39 is 5.41 Å². The molecule has 0 saturated heterocycles. The molecule has 2 nitrogen and oxygen atoms in total. The van der Waals surface area contributed by atoms with Gasteiger partial charge < -0.3 is 4.74 Å². The second kappa shape index (κ2) is 5.18. The Morgan fingerprint density at radius 1 is 1.44 bits per heavy atom. The summed E-state index contributed by atoms with van der Waals surface area (Å²) in [6.45, 7) is 3.80. The second-order valence-corrected chi connectivity index (χ2v) is 4.87. The lowest BCUT2D eigenvalue weighted by atomic mass is 9.86. The van der Waals surface area contributed by atoms with E-state index in [1.807, 2.05) is 38.1 Å². The van der Waals surface area contributed by atoms with Crippen molar-refractivity contribution in [3.8, 4) is 6.07 Å². The minimum atomic E-state index is -0.466. The van der Waals surface area contributed by atoms with Gasteiger partial charge in [0.2, 0.25) is 0 Å². The molecule has 0 amide bonds. The number of nitrogens with zero attached hydrogens (tertiary/aromatic N) is 1. The number of rotatable bonds is 3. The van der Waals surface area contributed by atoms with Gasteiger partial charge in [0.15, 0.2) is 0 Å². The van der Waals surface area contributed by atoms with E-state index in [0.717, 1.165) is 15.6 Å². The van der Waals surface area contributed by atoms with Gasteiger partial charge in [-0.3, -0.25) is 0 Å². The summed E-state index contributed by atoms with van der Waals surface area (Å²) in [4.78, 5) is 0. The third-order valence-electron chi connectivity index (χ3n) is 2.39. The van der Waals surface area contributed by atoms with E-state index in [0.29, 0.717) is 0 Å². The maximum Gasteiger partial charge on any atom is 0.0830 e. The summed E-state index contributed by atoms with van der Waals surface area (Å²) < 4.78 is 5.83. The number of halogens is 1. The van der Waals surface area contributed by atoms with E-state index in [1.165, 1.54) is 0 Å². The zero-order chi connectivity index (χ0) is 12.2. The lowest BCUT2D eigenvalue weighted by molar-refractivity contribution is 0.341. The first-order valence-corrected chi connectivity index (χ1v) is 5.71. The van der Waals surface area contributed by atoms with Gasteiger partial charge in [0.05, 0.1) is 24.9 Å². The summed E-state index contributed by atoms with van der Waals surface area (Å²) in [5.41, 5.74) is 1.56. The van der Waals surface area contributed by atoms with Crippen LogP contribution in [0.1, 0.15) is 25.0 Å². The lowest BCUT2D eigenvalue weighted by Crippen LogP contribution is -2.13. The highest BCUT2D eigenvalue weighted by Gasteiger charge is 2.20. The molecule has 0 bridgehead atoms. The van der Waals surface area contributed by atoms with Gasteiger partial charge in [-0.2, -0.15) is 5.26 Å². The lowest BCUT2D eigenvalue weighted by Gasteiger charge is -2.16. The number of ether oxygens (including phenoxy) is 1. The monoisotopic (exact) mass is 279 g/mol. The zero-order valence-electron chi connectivity index (χ0n) is 9.62. The van der Waals surface area contributed by atoms with Gasteiger partial charge in [0.1, 0.15) is 0 Å². The van der Waals surface area contributed by atoms with Crippen LogP contribution < -0.4 is 0 Å². The molecule has 0 N–H and O–H groups in total. The number of hydrogen-bond acceptors (Lipinski definition) is 2. The molecule has 0 heterocycles. The summed E-state index contributed by atoms with van der Waals surface area (Å²) in [6.07, 6.45) is 3.49. The van der Waals surface area contributed by atoms with Crippen LogP contribution >= 0.6 is 15.9 Å². The van der Waals surface area contributed by atoms with Crippen LogP contribution in [-0.2, 0) is 10.2 Å². The molecule has 0 aliphatic heterocycles. The molecule has 0 radical (unpaired) electrons. The van der Waals surface area contributed by atoms with Gasteiger partial charge in [-0.15, -0.1) is 0 Å². The average Bonchev–Trinajstić information content (AvgIpc) is 2.27. The Morgan fingerprint density at radius 2 is 2.12 bits per heavy atom. The quantitative estimate of drug-likeness (QED) is 0.787. The van der Waals surface area contributed by atoms with Crippen LogP contribution in [0, 0.1) is 11.3 Å². The summed E-state index contributed by atoms with van der Waals surface area (Å²) in [5.74, 6) is 0. The third-order valence-corrected chi connectivity index (χ3v) is 3.07. The molecule has 0 unspecified atom stereocenters. The summed E-state index contributed by atoms with van der Waals surface area (Å²) in [5, 5.41) is 9.05. The molecule has 0 aliphatic carbocycles. The number of benzene rings is 1. The van der Waals surface area contributed by atoms with Crippen LogP contribution in [0.4, 0.5) is 0 Å². The van der Waals surface area contributed by atoms with E-state index in [1.54, 1.807) is 13.4 Å². The highest BCUT2D eigenvalue weighted by Crippen LogP contribution is 2.27. The molecule has 1 aromatic rings. The van der Waals surface area contributed by atoms with Crippen molar-refractivity contribution in [1.29, 1.82) is 5.26 Å². The van der Waals surface area contributed by atoms with Crippen LogP contribution in [0.15, 0.2) is 28.9 Å². The fraction of sp³-hybridized carbons (Fsp3) is 0.308. The van der Waals surface area contributed by atoms with Crippen molar-refractivity contribution in [2.45, 2.75) is 19.3 Å². The Hall–Kier alpha value is -1.27. The number of hydrogen-bond donors (Lipinski definition) is 0. The van der Waals surface area contributed by atoms with E-state index in [9.17, 15) is 0 Å². The van der Waals surface area contributed by atoms with Crippen molar-refractivity contribution in [3.63, 3.8) is 0 Å². The van der Waals surface area contributed by atoms with Gasteiger partial charge in [-0.1, -0.05) is 28.1 Å². The highest BCUT2D eigenvalue weighted by molar-refractivity contribution is 9.10. The van der Waals surface area contributed by atoms with Crippen LogP contribution in [0.3, 0.4) is 0 Å². The molecule has 0 fully saturated rings. The predicted molar refractivity (Wildman–Crippen MR) is 68.8 cm³/mol. The van der Waals surface area contributed by atoms with Gasteiger partial charge in [-0.05, 0) is 37.1 Å². The molecule has 0 saturated carbocycles. The van der Waals surface area contributed by atoms with Crippen LogP contribution in [0.2, 0.25) is 0 Å². The first-order chi connectivity index (χ1) is 7.51. The fourth-order valence-corrected chi connectivity index (χ4v) is 1.77. The van der Waals surface area contributed by atoms with Crippen LogP contribution in [0.5, 0.6) is 0 Å². The first-order valence-electron chi connectivity index (χ1n) is 4.92. The predicted octanol–water partition coefficient (Wildman–Crippen LogP) is 3.87. The standard InChI is InChI=1S/C13H14BrNO/c1-13(2,9-15)11-5-4-10(6-7-16-3)12(14)8-11/h4-8H,1-3H3/b7-6+. The van der Waals surface area contributed by atoms with E-state index in [4.69, 9.17) is 10.00 Å². The zero-order valence-corrected chi connectivity index (χ0v) is 11.2. The summed E-state index contributed by atoms with van der Waals surface area (Å²) >= 11 is 3.48. The van der Waals surface area contributed by atoms with E-state index in [-0.39, 0.29) is 0 Å². The van der Waals surface area contributed by atoms with Gasteiger partial charge >= 0.3 is 0 Å². The number of nitriles is 1. The minimum Gasteiger partial charge on any atom is -0.504 e. The Labute approximate surface area is 105 Å². The molecule has 0 aliphatic rings. The SMILES string of the molecule is CO/C=C/c1ccc(C(C)(C)C#N)cc1Br. The summed E-state index contributed by atoms with van der Waals surface area (Å²) in [6, 6.07) is 8.18. The Morgan fingerprint density at radius 3 is 2.62 bits per heavy atom. The van der Waals surface area contributed by atoms with Crippen molar-refractivity contribution in [2.24, 2.45) is 0 Å². The van der Waals surface area contributed by atoms with E-state index in [2.05, 4.69) is 22.0 Å². The van der Waals surface area contributed by atoms with Crippen molar-refractivity contribution in [1.82, 2.24) is 0 Å². The second-order valence-electron chi connectivity index (χ2n) is 4.01. The fourth-order valence-electron chi connectivity index (χ4n) is 1.26. The average molecular weight is 280 g/mol. The molecule has 1 aromatic carbocycles. The Bertz CT molecular complexity index is 444. The molecular formula is C13H14BrNO. The number of methoxy groups -OCH3 is 1. The maximum absolute atomic E-state index is 9.05. The molecule has 84 valence electrons. The maximum atomic E-state index is 9.05. The van der Waals surface area contributed by atoms with Gasteiger partial charge in [0, 0.05) is 4.47 Å². The minimum absolute atomic E-state index is 0.466. The van der Waals surface area contributed by atoms with Crippen LogP contribution in [0.25, 0.3) is 6.08 Å². The summed E-state index contributed by atoms with van der Waals surface area (Å²) in [7, 11) is 1.61. The molecule has 1 rings (SSSR count). The highest BCUT2D eigenvalue weighted by atomic mass is 79.9. The largest absolute Gasteiger partial charge is 0.504 e. The Kier molecular flexibility index (Phi) is 4.14. The first kappa shape index (κ1) is 12.8. The van der Waals surface area contributed by atoms with Crippen molar-refractivity contribution in [3.05, 3.63) is 40.1 Å². The van der Waals surface area contributed by atoms with Crippen molar-refractivity contribution < 1.29 is 4.74 Å². The normalized spacial score (nSPS) is 11.4. The van der Waals surface area contributed by atoms with Gasteiger partial charge in [-0.25, -0.2) is 0 Å². The molecule has 3 heteroatoms. The third kappa shape index (κ3) is 2.86.